The Labute approximate surface area is 182 Å². The summed E-state index contributed by atoms with van der Waals surface area (Å²) in [5.41, 5.74) is 1.65. The fraction of sp³-hybridized carbons (Fsp3) is 0.375. The third-order valence-electron chi connectivity index (χ3n) is 5.38. The summed E-state index contributed by atoms with van der Waals surface area (Å²) in [5, 5.41) is 5.77. The quantitative estimate of drug-likeness (QED) is 0.639. The number of ether oxygens (including phenoxy) is 1. The molecule has 1 aliphatic rings. The lowest BCUT2D eigenvalue weighted by Crippen LogP contribution is -2.43. The molecule has 0 aromatic heterocycles. The Kier molecular flexibility index (Phi) is 8.18. The number of anilines is 1. The minimum atomic E-state index is -0.220. The van der Waals surface area contributed by atoms with Crippen LogP contribution in [0.25, 0.3) is 0 Å². The van der Waals surface area contributed by atoms with Crippen LogP contribution in [0, 0.1) is 5.92 Å². The fourth-order valence-corrected chi connectivity index (χ4v) is 3.62. The molecule has 1 aliphatic heterocycles. The number of nitrogens with zero attached hydrogens (tertiary/aromatic N) is 1. The monoisotopic (exact) mass is 423 g/mol. The summed E-state index contributed by atoms with van der Waals surface area (Å²) in [6, 6.07) is 15.9. The van der Waals surface area contributed by atoms with Crippen LogP contribution in [0.3, 0.4) is 0 Å². The largest absolute Gasteiger partial charge is 0.385 e. The molecule has 0 radical (unpaired) electrons. The number of piperidine rings is 1. The van der Waals surface area contributed by atoms with Crippen molar-refractivity contribution < 1.29 is 19.1 Å². The second kappa shape index (κ2) is 11.3. The zero-order valence-corrected chi connectivity index (χ0v) is 17.8. The molecule has 1 heterocycles. The topological polar surface area (TPSA) is 87.7 Å². The molecular weight excluding hydrogens is 394 g/mol. The first kappa shape index (κ1) is 22.5. The lowest BCUT2D eigenvalue weighted by molar-refractivity contribution is -0.126. The molecule has 1 fully saturated rings. The summed E-state index contributed by atoms with van der Waals surface area (Å²) in [5.74, 6) is -0.325. The summed E-state index contributed by atoms with van der Waals surface area (Å²) < 4.78 is 4.98. The van der Waals surface area contributed by atoms with Crippen LogP contribution in [0.5, 0.6) is 0 Å². The van der Waals surface area contributed by atoms with E-state index in [0.29, 0.717) is 55.9 Å². The number of likely N-dealkylation sites (tertiary alicyclic amines) is 1. The van der Waals surface area contributed by atoms with E-state index in [1.54, 1.807) is 60.5 Å². The highest BCUT2D eigenvalue weighted by Gasteiger charge is 2.27. The highest BCUT2D eigenvalue weighted by molar-refractivity contribution is 6.05. The van der Waals surface area contributed by atoms with Gasteiger partial charge in [0, 0.05) is 56.1 Å². The van der Waals surface area contributed by atoms with Crippen molar-refractivity contribution in [3.63, 3.8) is 0 Å². The van der Waals surface area contributed by atoms with Gasteiger partial charge in [0.05, 0.1) is 0 Å². The molecule has 0 aliphatic carbocycles. The van der Waals surface area contributed by atoms with Gasteiger partial charge in [0.25, 0.3) is 11.8 Å². The average molecular weight is 424 g/mol. The van der Waals surface area contributed by atoms with Gasteiger partial charge in [0.15, 0.2) is 0 Å². The first-order valence-electron chi connectivity index (χ1n) is 10.6. The van der Waals surface area contributed by atoms with Crippen LogP contribution in [-0.4, -0.2) is 56.0 Å². The predicted molar refractivity (Wildman–Crippen MR) is 119 cm³/mol. The second-order valence-corrected chi connectivity index (χ2v) is 7.60. The van der Waals surface area contributed by atoms with Crippen molar-refractivity contribution in [2.45, 2.75) is 19.3 Å². The smallest absolute Gasteiger partial charge is 0.255 e. The van der Waals surface area contributed by atoms with Gasteiger partial charge in [-0.15, -0.1) is 0 Å². The molecule has 7 heteroatoms. The maximum absolute atomic E-state index is 12.9. The number of methoxy groups -OCH3 is 1. The van der Waals surface area contributed by atoms with E-state index < -0.39 is 0 Å². The molecule has 1 saturated heterocycles. The van der Waals surface area contributed by atoms with Gasteiger partial charge in [-0.05, 0) is 49.6 Å². The average Bonchev–Trinajstić information content (AvgIpc) is 2.82. The molecule has 3 rings (SSSR count). The molecule has 3 amide bonds. The molecule has 0 spiro atoms. The minimum Gasteiger partial charge on any atom is -0.385 e. The molecule has 164 valence electrons. The van der Waals surface area contributed by atoms with Crippen molar-refractivity contribution in [1.82, 2.24) is 10.2 Å². The maximum Gasteiger partial charge on any atom is 0.255 e. The van der Waals surface area contributed by atoms with Gasteiger partial charge in [-0.1, -0.05) is 24.3 Å². The molecule has 0 bridgehead atoms. The Bertz CT molecular complexity index is 893. The number of hydrogen-bond acceptors (Lipinski definition) is 4. The Morgan fingerprint density at radius 3 is 2.42 bits per heavy atom. The Hall–Kier alpha value is -3.19. The van der Waals surface area contributed by atoms with E-state index in [2.05, 4.69) is 10.6 Å². The Morgan fingerprint density at radius 2 is 1.71 bits per heavy atom. The summed E-state index contributed by atoms with van der Waals surface area (Å²) in [6.07, 6.45) is 2.08. The molecule has 0 atom stereocenters. The van der Waals surface area contributed by atoms with Crippen molar-refractivity contribution in [2.75, 3.05) is 38.7 Å². The SMILES string of the molecule is COCCCNC(=O)C1CCN(C(=O)c2cccc(NC(=O)c3ccccc3)c2)CC1. The fourth-order valence-electron chi connectivity index (χ4n) is 3.62. The highest BCUT2D eigenvalue weighted by Crippen LogP contribution is 2.21. The summed E-state index contributed by atoms with van der Waals surface area (Å²) in [4.78, 5) is 39.3. The van der Waals surface area contributed by atoms with Gasteiger partial charge in [-0.2, -0.15) is 0 Å². The van der Waals surface area contributed by atoms with Crippen LogP contribution >= 0.6 is 0 Å². The van der Waals surface area contributed by atoms with E-state index in [9.17, 15) is 14.4 Å². The number of amides is 3. The minimum absolute atomic E-state index is 0.0498. The summed E-state index contributed by atoms with van der Waals surface area (Å²) in [7, 11) is 1.64. The zero-order valence-electron chi connectivity index (χ0n) is 17.8. The summed E-state index contributed by atoms with van der Waals surface area (Å²) >= 11 is 0. The number of rotatable bonds is 8. The standard InChI is InChI=1S/C24H29N3O4/c1-31-16-6-13-25-22(28)19-11-14-27(15-12-19)24(30)20-9-5-10-21(17-20)26-23(29)18-7-3-2-4-8-18/h2-5,7-10,17,19H,6,11-16H2,1H3,(H,25,28)(H,26,29). The van der Waals surface area contributed by atoms with Gasteiger partial charge >= 0.3 is 0 Å². The van der Waals surface area contributed by atoms with E-state index in [0.717, 1.165) is 6.42 Å². The van der Waals surface area contributed by atoms with Crippen LogP contribution in [0.1, 0.15) is 40.0 Å². The number of benzene rings is 2. The number of hydrogen-bond donors (Lipinski definition) is 2. The molecule has 0 saturated carbocycles. The zero-order chi connectivity index (χ0) is 22.1. The number of carbonyl (C=O) groups excluding carboxylic acids is 3. The van der Waals surface area contributed by atoms with Crippen molar-refractivity contribution in [3.05, 3.63) is 65.7 Å². The lowest BCUT2D eigenvalue weighted by Gasteiger charge is -2.31. The van der Waals surface area contributed by atoms with Gasteiger partial charge in [-0.3, -0.25) is 14.4 Å². The molecular formula is C24H29N3O4. The van der Waals surface area contributed by atoms with Gasteiger partial charge < -0.3 is 20.3 Å². The molecule has 0 unspecified atom stereocenters. The van der Waals surface area contributed by atoms with Crippen molar-refractivity contribution in [3.8, 4) is 0 Å². The van der Waals surface area contributed by atoms with Crippen LogP contribution in [0.2, 0.25) is 0 Å². The first-order valence-corrected chi connectivity index (χ1v) is 10.6. The van der Waals surface area contributed by atoms with E-state index in [1.165, 1.54) is 0 Å². The predicted octanol–water partition coefficient (Wildman–Crippen LogP) is 2.94. The number of carbonyl (C=O) groups is 3. The van der Waals surface area contributed by atoms with Gasteiger partial charge in [0.2, 0.25) is 5.91 Å². The van der Waals surface area contributed by atoms with Gasteiger partial charge in [-0.25, -0.2) is 0 Å². The first-order chi connectivity index (χ1) is 15.1. The Morgan fingerprint density at radius 1 is 1.00 bits per heavy atom. The Balaban J connectivity index is 1.52. The van der Waals surface area contributed by atoms with Crippen molar-refractivity contribution >= 4 is 23.4 Å². The third-order valence-corrected chi connectivity index (χ3v) is 5.38. The highest BCUT2D eigenvalue weighted by atomic mass is 16.5. The van der Waals surface area contributed by atoms with E-state index in [-0.39, 0.29) is 23.6 Å². The van der Waals surface area contributed by atoms with E-state index in [4.69, 9.17) is 4.74 Å². The van der Waals surface area contributed by atoms with Crippen LogP contribution < -0.4 is 10.6 Å². The second-order valence-electron chi connectivity index (χ2n) is 7.60. The van der Waals surface area contributed by atoms with Crippen LogP contribution in [-0.2, 0) is 9.53 Å². The lowest BCUT2D eigenvalue weighted by atomic mass is 9.95. The summed E-state index contributed by atoms with van der Waals surface area (Å²) in [6.45, 7) is 2.30. The van der Waals surface area contributed by atoms with Crippen molar-refractivity contribution in [2.24, 2.45) is 5.92 Å². The normalized spacial score (nSPS) is 14.2. The van der Waals surface area contributed by atoms with Crippen LogP contribution in [0.15, 0.2) is 54.6 Å². The van der Waals surface area contributed by atoms with Gasteiger partial charge in [0.1, 0.15) is 0 Å². The molecule has 2 aromatic rings. The number of nitrogens with one attached hydrogen (secondary N) is 2. The van der Waals surface area contributed by atoms with E-state index in [1.807, 2.05) is 6.07 Å². The maximum atomic E-state index is 12.9. The van der Waals surface area contributed by atoms with Crippen molar-refractivity contribution in [1.29, 1.82) is 0 Å². The third kappa shape index (κ3) is 6.39. The molecule has 2 aromatic carbocycles. The molecule has 7 nitrogen and oxygen atoms in total. The van der Waals surface area contributed by atoms with Crippen LogP contribution in [0.4, 0.5) is 5.69 Å². The molecule has 2 N–H and O–H groups in total. The van der Waals surface area contributed by atoms with E-state index >= 15 is 0 Å². The molecule has 31 heavy (non-hydrogen) atoms.